The van der Waals surface area contributed by atoms with Crippen molar-refractivity contribution < 1.29 is 4.74 Å². The lowest BCUT2D eigenvalue weighted by Crippen LogP contribution is -1.93. The Morgan fingerprint density at radius 3 is 2.55 bits per heavy atom. The fraction of sp³-hybridized carbons (Fsp3) is 0.125. The number of rotatable bonds is 2. The van der Waals surface area contributed by atoms with E-state index in [4.69, 9.17) is 4.74 Å². The molecule has 0 unspecified atom stereocenters. The number of benzene rings is 1. The van der Waals surface area contributed by atoms with Gasteiger partial charge in [0.15, 0.2) is 5.69 Å². The smallest absolute Gasteiger partial charge is 0.152 e. The van der Waals surface area contributed by atoms with Gasteiger partial charge in [-0.15, -0.1) is 0 Å². The monoisotopic (exact) mass is 263 g/mol. The average molecular weight is 263 g/mol. The Bertz CT molecular complexity index is 810. The fourth-order valence-corrected chi connectivity index (χ4v) is 2.31. The van der Waals surface area contributed by atoms with Gasteiger partial charge in [-0.2, -0.15) is 5.26 Å². The second-order valence-electron chi connectivity index (χ2n) is 4.51. The van der Waals surface area contributed by atoms with E-state index >= 15 is 0 Å². The molecule has 4 heteroatoms. The third-order valence-electron chi connectivity index (χ3n) is 3.31. The first-order valence-corrected chi connectivity index (χ1v) is 6.27. The molecule has 0 bridgehead atoms. The maximum Gasteiger partial charge on any atom is 0.152 e. The van der Waals surface area contributed by atoms with Gasteiger partial charge in [0, 0.05) is 11.3 Å². The van der Waals surface area contributed by atoms with Crippen LogP contribution in [-0.2, 0) is 0 Å². The van der Waals surface area contributed by atoms with Crippen LogP contribution < -0.4 is 4.74 Å². The highest BCUT2D eigenvalue weighted by atomic mass is 16.5. The molecule has 98 valence electrons. The van der Waals surface area contributed by atoms with Gasteiger partial charge in [-0.1, -0.05) is 6.07 Å². The van der Waals surface area contributed by atoms with Crippen molar-refractivity contribution in [2.24, 2.45) is 0 Å². The highest BCUT2D eigenvalue weighted by molar-refractivity contribution is 5.70. The van der Waals surface area contributed by atoms with Crippen molar-refractivity contribution in [3.63, 3.8) is 0 Å². The predicted molar refractivity (Wildman–Crippen MR) is 76.6 cm³/mol. The lowest BCUT2D eigenvalue weighted by Gasteiger charge is -2.02. The molecule has 0 atom stereocenters. The molecule has 0 N–H and O–H groups in total. The Morgan fingerprint density at radius 2 is 1.90 bits per heavy atom. The molecule has 2 heterocycles. The number of pyridine rings is 1. The summed E-state index contributed by atoms with van der Waals surface area (Å²) in [5.41, 5.74) is 3.94. The van der Waals surface area contributed by atoms with Crippen LogP contribution in [0.2, 0.25) is 0 Å². The van der Waals surface area contributed by atoms with Crippen LogP contribution in [-0.4, -0.2) is 16.5 Å². The summed E-state index contributed by atoms with van der Waals surface area (Å²) in [6, 6.07) is 15.6. The Hall–Kier alpha value is -2.80. The molecular weight excluding hydrogens is 250 g/mol. The Labute approximate surface area is 116 Å². The van der Waals surface area contributed by atoms with Crippen molar-refractivity contribution in [2.75, 3.05) is 7.11 Å². The van der Waals surface area contributed by atoms with E-state index in [0.29, 0.717) is 11.4 Å². The van der Waals surface area contributed by atoms with Crippen molar-refractivity contribution in [3.05, 3.63) is 53.9 Å². The molecule has 0 spiro atoms. The van der Waals surface area contributed by atoms with Crippen molar-refractivity contribution >= 4 is 5.65 Å². The van der Waals surface area contributed by atoms with Gasteiger partial charge >= 0.3 is 0 Å². The van der Waals surface area contributed by atoms with E-state index in [2.05, 4.69) is 11.1 Å². The summed E-state index contributed by atoms with van der Waals surface area (Å²) in [7, 11) is 1.63. The topological polar surface area (TPSA) is 50.3 Å². The summed E-state index contributed by atoms with van der Waals surface area (Å²) in [5, 5.41) is 9.46. The normalized spacial score (nSPS) is 10.4. The third-order valence-corrected chi connectivity index (χ3v) is 3.31. The molecule has 0 radical (unpaired) electrons. The number of nitrogens with zero attached hydrogens (tertiary/aromatic N) is 3. The number of nitriles is 1. The van der Waals surface area contributed by atoms with Crippen LogP contribution in [0.25, 0.3) is 16.9 Å². The van der Waals surface area contributed by atoms with Gasteiger partial charge in [0.25, 0.3) is 0 Å². The van der Waals surface area contributed by atoms with Crippen molar-refractivity contribution in [3.8, 4) is 23.1 Å². The van der Waals surface area contributed by atoms with E-state index in [1.54, 1.807) is 7.11 Å². The Morgan fingerprint density at radius 1 is 1.15 bits per heavy atom. The largest absolute Gasteiger partial charge is 0.497 e. The number of imidazole rings is 1. The number of hydrogen-bond donors (Lipinski definition) is 0. The molecule has 0 aliphatic rings. The van der Waals surface area contributed by atoms with E-state index < -0.39 is 0 Å². The Balaban J connectivity index is 2.25. The summed E-state index contributed by atoms with van der Waals surface area (Å²) >= 11 is 0. The van der Waals surface area contributed by atoms with Gasteiger partial charge in [-0.3, -0.25) is 4.40 Å². The van der Waals surface area contributed by atoms with Gasteiger partial charge in [0.05, 0.1) is 7.11 Å². The van der Waals surface area contributed by atoms with Gasteiger partial charge in [0.1, 0.15) is 23.2 Å². The zero-order valence-electron chi connectivity index (χ0n) is 11.3. The third kappa shape index (κ3) is 1.81. The van der Waals surface area contributed by atoms with Crippen LogP contribution in [0.3, 0.4) is 0 Å². The first-order valence-electron chi connectivity index (χ1n) is 6.27. The number of ether oxygens (including phenoxy) is 1. The summed E-state index contributed by atoms with van der Waals surface area (Å²) in [5.74, 6) is 0.784. The molecule has 4 nitrogen and oxygen atoms in total. The van der Waals surface area contributed by atoms with Crippen LogP contribution in [0, 0.1) is 18.3 Å². The van der Waals surface area contributed by atoms with Gasteiger partial charge < -0.3 is 4.74 Å². The molecule has 0 saturated heterocycles. The van der Waals surface area contributed by atoms with E-state index in [1.807, 2.05) is 53.8 Å². The van der Waals surface area contributed by atoms with Crippen LogP contribution in [0.15, 0.2) is 42.5 Å². The number of fused-ring (bicyclic) bond motifs is 1. The second kappa shape index (κ2) is 4.71. The number of aryl methyl sites for hydroxylation is 1. The number of hydrogen-bond acceptors (Lipinski definition) is 3. The predicted octanol–water partition coefficient (Wildman–Crippen LogP) is 3.19. The maximum atomic E-state index is 9.46. The molecule has 20 heavy (non-hydrogen) atoms. The molecular formula is C16H13N3O. The molecule has 3 aromatic rings. The van der Waals surface area contributed by atoms with E-state index in [0.717, 1.165) is 22.7 Å². The molecule has 2 aromatic heterocycles. The molecule has 0 saturated carbocycles. The molecule has 1 aromatic carbocycles. The highest BCUT2D eigenvalue weighted by Gasteiger charge is 2.14. The first kappa shape index (κ1) is 12.2. The number of aromatic nitrogens is 2. The summed E-state index contributed by atoms with van der Waals surface area (Å²) in [4.78, 5) is 4.57. The van der Waals surface area contributed by atoms with Crippen molar-refractivity contribution in [2.45, 2.75) is 6.92 Å². The quantitative estimate of drug-likeness (QED) is 0.713. The fourth-order valence-electron chi connectivity index (χ4n) is 2.31. The Kier molecular flexibility index (Phi) is 2.88. The van der Waals surface area contributed by atoms with Crippen LogP contribution in [0.1, 0.15) is 11.4 Å². The minimum absolute atomic E-state index is 0.559. The SMILES string of the molecule is COc1ccc(-c2nc3cccc(C)n3c2C#N)cc1. The van der Waals surface area contributed by atoms with Crippen LogP contribution in [0.4, 0.5) is 0 Å². The van der Waals surface area contributed by atoms with E-state index in [9.17, 15) is 5.26 Å². The molecule has 0 amide bonds. The zero-order chi connectivity index (χ0) is 14.1. The summed E-state index contributed by atoms with van der Waals surface area (Å²) in [6.45, 7) is 1.97. The van der Waals surface area contributed by atoms with Crippen molar-refractivity contribution in [1.29, 1.82) is 5.26 Å². The van der Waals surface area contributed by atoms with E-state index in [1.165, 1.54) is 0 Å². The lowest BCUT2D eigenvalue weighted by atomic mass is 10.1. The standard InChI is InChI=1S/C16H13N3O/c1-11-4-3-5-15-18-16(14(10-17)19(11)15)12-6-8-13(20-2)9-7-12/h3-9H,1-2H3. The van der Waals surface area contributed by atoms with Crippen LogP contribution >= 0.6 is 0 Å². The minimum Gasteiger partial charge on any atom is -0.497 e. The maximum absolute atomic E-state index is 9.46. The van der Waals surface area contributed by atoms with Gasteiger partial charge in [-0.05, 0) is 43.3 Å². The molecule has 0 aliphatic carbocycles. The molecule has 3 rings (SSSR count). The lowest BCUT2D eigenvalue weighted by molar-refractivity contribution is 0.415. The minimum atomic E-state index is 0.559. The zero-order valence-corrected chi connectivity index (χ0v) is 11.3. The summed E-state index contributed by atoms with van der Waals surface area (Å²) in [6.07, 6.45) is 0. The average Bonchev–Trinajstić information content (AvgIpc) is 2.87. The van der Waals surface area contributed by atoms with Gasteiger partial charge in [0.2, 0.25) is 0 Å². The molecule has 0 fully saturated rings. The summed E-state index contributed by atoms with van der Waals surface area (Å²) < 4.78 is 7.02. The highest BCUT2D eigenvalue weighted by Crippen LogP contribution is 2.26. The van der Waals surface area contributed by atoms with Crippen LogP contribution in [0.5, 0.6) is 5.75 Å². The number of methoxy groups -OCH3 is 1. The van der Waals surface area contributed by atoms with Crippen molar-refractivity contribution in [1.82, 2.24) is 9.38 Å². The first-order chi connectivity index (χ1) is 9.74. The van der Waals surface area contributed by atoms with Gasteiger partial charge in [-0.25, -0.2) is 4.98 Å². The van der Waals surface area contributed by atoms with E-state index in [-0.39, 0.29) is 0 Å². The molecule has 0 aliphatic heterocycles. The second-order valence-corrected chi connectivity index (χ2v) is 4.51.